The number of benzene rings is 2. The summed E-state index contributed by atoms with van der Waals surface area (Å²) in [5.74, 6) is 0.462. The van der Waals surface area contributed by atoms with Gasteiger partial charge in [0.2, 0.25) is 11.2 Å². The van der Waals surface area contributed by atoms with E-state index in [1.54, 1.807) is 36.4 Å². The number of methoxy groups -OCH3 is 2. The van der Waals surface area contributed by atoms with Crippen molar-refractivity contribution in [2.45, 2.75) is 6.92 Å². The van der Waals surface area contributed by atoms with Crippen LogP contribution in [0.15, 0.2) is 45.6 Å². The van der Waals surface area contributed by atoms with E-state index in [4.69, 9.17) is 18.1 Å². The molecule has 7 nitrogen and oxygen atoms in total. The van der Waals surface area contributed by atoms with Crippen molar-refractivity contribution in [3.63, 3.8) is 0 Å². The average Bonchev–Trinajstić information content (AvgIpc) is 2.62. The minimum absolute atomic E-state index is 0.00974. The zero-order valence-electron chi connectivity index (χ0n) is 15.2. The molecule has 8 heteroatoms. The van der Waals surface area contributed by atoms with Crippen molar-refractivity contribution in [1.82, 2.24) is 0 Å². The molecular weight excluding hydrogens is 372 g/mol. The second kappa shape index (κ2) is 6.96. The van der Waals surface area contributed by atoms with Crippen LogP contribution in [0.25, 0.3) is 22.3 Å². The zero-order chi connectivity index (χ0) is 19.8. The Morgan fingerprint density at radius 2 is 1.67 bits per heavy atom. The van der Waals surface area contributed by atoms with Gasteiger partial charge < -0.3 is 18.1 Å². The lowest BCUT2D eigenvalue weighted by atomic mass is 10.1. The van der Waals surface area contributed by atoms with Gasteiger partial charge in [-0.05, 0) is 42.8 Å². The number of hydrogen-bond donors (Lipinski definition) is 0. The molecule has 0 saturated carbocycles. The first-order valence-electron chi connectivity index (χ1n) is 7.93. The van der Waals surface area contributed by atoms with Crippen molar-refractivity contribution in [2.75, 3.05) is 20.5 Å². The molecule has 0 aliphatic heterocycles. The minimum atomic E-state index is -3.95. The number of rotatable bonds is 5. The number of hydrogen-bond acceptors (Lipinski definition) is 7. The lowest BCUT2D eigenvalue weighted by Gasteiger charge is -2.12. The molecule has 0 aliphatic carbocycles. The van der Waals surface area contributed by atoms with Gasteiger partial charge in [0.25, 0.3) is 0 Å². The monoisotopic (exact) mass is 390 g/mol. The molecule has 27 heavy (non-hydrogen) atoms. The lowest BCUT2D eigenvalue weighted by molar-refractivity contribution is 0.355. The van der Waals surface area contributed by atoms with Gasteiger partial charge in [0, 0.05) is 5.56 Å². The van der Waals surface area contributed by atoms with Crippen LogP contribution >= 0.6 is 0 Å². The van der Waals surface area contributed by atoms with E-state index in [9.17, 15) is 13.2 Å². The Labute approximate surface area is 156 Å². The molecule has 1 aromatic heterocycles. The van der Waals surface area contributed by atoms with E-state index < -0.39 is 21.3 Å². The van der Waals surface area contributed by atoms with Crippen LogP contribution in [0.2, 0.25) is 0 Å². The standard InChI is InChI=1S/C19H18O7S/c1-11-5-7-13-15(9-11)25-18(19(17(13)20)26-27(4,21)22)12-6-8-14(23-2)16(10-12)24-3/h5-10H,1-4H3. The zero-order valence-corrected chi connectivity index (χ0v) is 16.0. The SMILES string of the molecule is COc1ccc(-c2oc3cc(C)ccc3c(=O)c2OS(C)(=O)=O)cc1OC. The molecule has 0 N–H and O–H groups in total. The molecule has 0 bridgehead atoms. The first kappa shape index (κ1) is 18.8. The first-order valence-corrected chi connectivity index (χ1v) is 9.74. The van der Waals surface area contributed by atoms with E-state index >= 15 is 0 Å². The van der Waals surface area contributed by atoms with Crippen molar-refractivity contribution < 1.29 is 26.5 Å². The van der Waals surface area contributed by atoms with E-state index in [0.29, 0.717) is 22.6 Å². The third-order valence-corrected chi connectivity index (χ3v) is 4.36. The fourth-order valence-corrected chi connectivity index (χ4v) is 3.13. The van der Waals surface area contributed by atoms with Crippen molar-refractivity contribution in [2.24, 2.45) is 0 Å². The topological polar surface area (TPSA) is 92.0 Å². The Morgan fingerprint density at radius 1 is 0.963 bits per heavy atom. The van der Waals surface area contributed by atoms with Crippen LogP contribution in [0.5, 0.6) is 17.2 Å². The first-order chi connectivity index (χ1) is 12.7. The summed E-state index contributed by atoms with van der Waals surface area (Å²) in [5, 5.41) is 0.225. The minimum Gasteiger partial charge on any atom is -0.493 e. The summed E-state index contributed by atoms with van der Waals surface area (Å²) < 4.78 is 44.7. The Hall–Kier alpha value is -3.00. The predicted octanol–water partition coefficient (Wildman–Crippen LogP) is 3.12. The van der Waals surface area contributed by atoms with Crippen molar-refractivity contribution in [1.29, 1.82) is 0 Å². The normalized spacial score (nSPS) is 11.4. The van der Waals surface area contributed by atoms with E-state index in [2.05, 4.69) is 0 Å². The Bertz CT molecular complexity index is 1180. The van der Waals surface area contributed by atoms with Gasteiger partial charge in [-0.1, -0.05) is 6.07 Å². The highest BCUT2D eigenvalue weighted by Gasteiger charge is 2.22. The van der Waals surface area contributed by atoms with Gasteiger partial charge in [-0.25, -0.2) is 0 Å². The van der Waals surface area contributed by atoms with Gasteiger partial charge in [-0.3, -0.25) is 4.79 Å². The number of ether oxygens (including phenoxy) is 2. The Kier molecular flexibility index (Phi) is 4.84. The summed E-state index contributed by atoms with van der Waals surface area (Å²) in [4.78, 5) is 12.9. The van der Waals surface area contributed by atoms with Crippen LogP contribution in [0, 0.1) is 6.92 Å². The molecule has 1 heterocycles. The van der Waals surface area contributed by atoms with Gasteiger partial charge in [0.1, 0.15) is 5.58 Å². The lowest BCUT2D eigenvalue weighted by Crippen LogP contribution is -2.15. The molecule has 0 fully saturated rings. The number of fused-ring (bicyclic) bond motifs is 1. The Balaban J connectivity index is 2.36. The maximum atomic E-state index is 12.9. The predicted molar refractivity (Wildman–Crippen MR) is 101 cm³/mol. The molecule has 2 aromatic carbocycles. The van der Waals surface area contributed by atoms with Crippen LogP contribution in [0.4, 0.5) is 0 Å². The van der Waals surface area contributed by atoms with Crippen LogP contribution in [-0.2, 0) is 10.1 Å². The summed E-state index contributed by atoms with van der Waals surface area (Å²) in [5.41, 5.74) is 1.05. The maximum absolute atomic E-state index is 12.9. The second-order valence-electron chi connectivity index (χ2n) is 5.95. The highest BCUT2D eigenvalue weighted by molar-refractivity contribution is 7.86. The summed E-state index contributed by atoms with van der Waals surface area (Å²) in [7, 11) is -0.989. The second-order valence-corrected chi connectivity index (χ2v) is 7.52. The molecule has 0 aliphatic rings. The molecule has 3 aromatic rings. The highest BCUT2D eigenvalue weighted by atomic mass is 32.2. The molecule has 3 rings (SSSR count). The highest BCUT2D eigenvalue weighted by Crippen LogP contribution is 2.37. The fourth-order valence-electron chi connectivity index (χ4n) is 2.68. The summed E-state index contributed by atoms with van der Waals surface area (Å²) in [6.07, 6.45) is 0.865. The number of aryl methyl sites for hydroxylation is 1. The quantitative estimate of drug-likeness (QED) is 0.618. The summed E-state index contributed by atoms with van der Waals surface area (Å²) >= 11 is 0. The fraction of sp³-hybridized carbons (Fsp3) is 0.211. The van der Waals surface area contributed by atoms with Crippen molar-refractivity contribution in [3.8, 4) is 28.6 Å². The Morgan fingerprint density at radius 3 is 2.30 bits per heavy atom. The van der Waals surface area contributed by atoms with Crippen LogP contribution in [0.1, 0.15) is 5.56 Å². The van der Waals surface area contributed by atoms with Gasteiger partial charge in [-0.15, -0.1) is 0 Å². The van der Waals surface area contributed by atoms with Gasteiger partial charge >= 0.3 is 10.1 Å². The van der Waals surface area contributed by atoms with E-state index in [1.165, 1.54) is 14.2 Å². The van der Waals surface area contributed by atoms with Crippen molar-refractivity contribution in [3.05, 3.63) is 52.2 Å². The molecule has 0 spiro atoms. The smallest absolute Gasteiger partial charge is 0.306 e. The molecule has 0 saturated heterocycles. The van der Waals surface area contributed by atoms with Gasteiger partial charge in [0.15, 0.2) is 17.3 Å². The molecule has 0 atom stereocenters. The van der Waals surface area contributed by atoms with E-state index in [1.807, 2.05) is 6.92 Å². The third-order valence-electron chi connectivity index (χ3n) is 3.89. The van der Waals surface area contributed by atoms with Crippen molar-refractivity contribution >= 4 is 21.1 Å². The molecule has 0 radical (unpaired) electrons. The van der Waals surface area contributed by atoms with E-state index in [-0.39, 0.29) is 11.1 Å². The molecule has 0 amide bonds. The largest absolute Gasteiger partial charge is 0.493 e. The van der Waals surface area contributed by atoms with Gasteiger partial charge in [0.05, 0.1) is 25.9 Å². The average molecular weight is 390 g/mol. The van der Waals surface area contributed by atoms with Gasteiger partial charge in [-0.2, -0.15) is 8.42 Å². The summed E-state index contributed by atoms with van der Waals surface area (Å²) in [6.45, 7) is 1.86. The van der Waals surface area contributed by atoms with E-state index in [0.717, 1.165) is 11.8 Å². The molecule has 0 unspecified atom stereocenters. The van der Waals surface area contributed by atoms with Crippen LogP contribution in [0.3, 0.4) is 0 Å². The van der Waals surface area contributed by atoms with Crippen LogP contribution in [-0.4, -0.2) is 28.9 Å². The maximum Gasteiger partial charge on any atom is 0.306 e. The summed E-state index contributed by atoms with van der Waals surface area (Å²) in [6, 6.07) is 9.83. The molecular formula is C19H18O7S. The van der Waals surface area contributed by atoms with Crippen LogP contribution < -0.4 is 19.1 Å². The third kappa shape index (κ3) is 3.75. The molecule has 142 valence electrons.